The van der Waals surface area contributed by atoms with Gasteiger partial charge >= 0.3 is 0 Å². The zero-order chi connectivity index (χ0) is 8.43. The van der Waals surface area contributed by atoms with Gasteiger partial charge in [0.1, 0.15) is 0 Å². The van der Waals surface area contributed by atoms with E-state index in [0.29, 0.717) is 0 Å². The van der Waals surface area contributed by atoms with Crippen LogP contribution in [0.4, 0.5) is 0 Å². The lowest BCUT2D eigenvalue weighted by molar-refractivity contribution is 0.497. The summed E-state index contributed by atoms with van der Waals surface area (Å²) in [5, 5.41) is 4.08. The molecule has 1 rings (SSSR count). The molecule has 1 aromatic heterocycles. The van der Waals surface area contributed by atoms with Gasteiger partial charge in [0.05, 0.1) is 11.7 Å². The number of nitrogens with zero attached hydrogens (tertiary/aromatic N) is 2. The van der Waals surface area contributed by atoms with E-state index in [4.69, 9.17) is 0 Å². The molecule has 0 aliphatic carbocycles. The smallest absolute Gasteiger partial charge is 0.266 e. The van der Waals surface area contributed by atoms with Crippen LogP contribution in [0.25, 0.3) is 0 Å². The second-order valence-electron chi connectivity index (χ2n) is 2.85. The molecular formula is C8H12N2O. The maximum Gasteiger partial charge on any atom is 0.266 e. The largest absolute Gasteiger partial charge is 0.268 e. The molecule has 0 spiro atoms. The Balaban J connectivity index is 3.24. The molecule has 0 unspecified atom stereocenters. The molecule has 60 valence electrons. The Labute approximate surface area is 65.7 Å². The average Bonchev–Trinajstić information content (AvgIpc) is 1.94. The van der Waals surface area contributed by atoms with Crippen molar-refractivity contribution >= 4 is 0 Å². The van der Waals surface area contributed by atoms with Crippen LogP contribution in [0, 0.1) is 6.92 Å². The summed E-state index contributed by atoms with van der Waals surface area (Å²) in [7, 11) is 0. The molecule has 0 aliphatic heterocycles. The third-order valence-corrected chi connectivity index (χ3v) is 1.45. The summed E-state index contributed by atoms with van der Waals surface area (Å²) in [6.45, 7) is 5.75. The van der Waals surface area contributed by atoms with Crippen molar-refractivity contribution in [2.45, 2.75) is 26.8 Å². The van der Waals surface area contributed by atoms with Crippen molar-refractivity contribution in [3.05, 3.63) is 28.2 Å². The summed E-state index contributed by atoms with van der Waals surface area (Å²) in [4.78, 5) is 11.1. The van der Waals surface area contributed by atoms with Gasteiger partial charge in [-0.2, -0.15) is 5.10 Å². The third kappa shape index (κ3) is 1.67. The maximum absolute atomic E-state index is 11.1. The van der Waals surface area contributed by atoms with Crippen LogP contribution in [0.2, 0.25) is 0 Å². The predicted molar refractivity (Wildman–Crippen MR) is 43.6 cm³/mol. The monoisotopic (exact) mass is 152 g/mol. The normalized spacial score (nSPS) is 10.5. The van der Waals surface area contributed by atoms with E-state index in [1.165, 1.54) is 4.68 Å². The Hall–Kier alpha value is -1.12. The Bertz CT molecular complexity index is 301. The number of hydrogen-bond donors (Lipinski definition) is 0. The molecule has 0 amide bonds. The van der Waals surface area contributed by atoms with Crippen molar-refractivity contribution in [3.63, 3.8) is 0 Å². The molecule has 0 N–H and O–H groups in total. The number of aromatic nitrogens is 2. The van der Waals surface area contributed by atoms with Crippen LogP contribution in [0.15, 0.2) is 16.9 Å². The topological polar surface area (TPSA) is 34.9 Å². The molecule has 1 heterocycles. The summed E-state index contributed by atoms with van der Waals surface area (Å²) < 4.78 is 1.48. The van der Waals surface area contributed by atoms with Gasteiger partial charge in [0.15, 0.2) is 0 Å². The van der Waals surface area contributed by atoms with Gasteiger partial charge in [-0.25, -0.2) is 4.68 Å². The van der Waals surface area contributed by atoms with Gasteiger partial charge in [-0.05, 0) is 26.8 Å². The molecular weight excluding hydrogens is 140 g/mol. The highest BCUT2D eigenvalue weighted by molar-refractivity contribution is 4.97. The highest BCUT2D eigenvalue weighted by Gasteiger charge is 2.00. The Kier molecular flexibility index (Phi) is 2.08. The number of aryl methyl sites for hydroxylation is 1. The first-order valence-corrected chi connectivity index (χ1v) is 3.67. The lowest BCUT2D eigenvalue weighted by Crippen LogP contribution is -2.23. The van der Waals surface area contributed by atoms with Crippen LogP contribution >= 0.6 is 0 Å². The van der Waals surface area contributed by atoms with Gasteiger partial charge in [0.2, 0.25) is 0 Å². The van der Waals surface area contributed by atoms with E-state index in [1.54, 1.807) is 12.1 Å². The zero-order valence-corrected chi connectivity index (χ0v) is 7.03. The molecule has 3 nitrogen and oxygen atoms in total. The van der Waals surface area contributed by atoms with Crippen molar-refractivity contribution in [3.8, 4) is 0 Å². The van der Waals surface area contributed by atoms with Gasteiger partial charge < -0.3 is 0 Å². The van der Waals surface area contributed by atoms with Crippen molar-refractivity contribution in [2.24, 2.45) is 0 Å². The Morgan fingerprint density at radius 1 is 1.45 bits per heavy atom. The molecule has 0 fully saturated rings. The second kappa shape index (κ2) is 2.86. The fraction of sp³-hybridized carbons (Fsp3) is 0.500. The first-order chi connectivity index (χ1) is 5.11. The van der Waals surface area contributed by atoms with Crippen LogP contribution in [0.1, 0.15) is 25.6 Å². The summed E-state index contributed by atoms with van der Waals surface area (Å²) in [5.41, 5.74) is 0.837. The fourth-order valence-electron chi connectivity index (χ4n) is 0.891. The van der Waals surface area contributed by atoms with Gasteiger partial charge in [-0.1, -0.05) is 0 Å². The molecule has 1 aromatic rings. The standard InChI is InChI=1S/C8H12N2O/c1-6(2)10-8(11)5-4-7(3)9-10/h4-6H,1-3H3. The Morgan fingerprint density at radius 3 is 2.55 bits per heavy atom. The van der Waals surface area contributed by atoms with Crippen molar-refractivity contribution in [1.82, 2.24) is 9.78 Å². The van der Waals surface area contributed by atoms with Gasteiger partial charge in [-0.3, -0.25) is 4.79 Å². The number of hydrogen-bond acceptors (Lipinski definition) is 2. The van der Waals surface area contributed by atoms with E-state index >= 15 is 0 Å². The van der Waals surface area contributed by atoms with Crippen molar-refractivity contribution < 1.29 is 0 Å². The molecule has 0 saturated carbocycles. The van der Waals surface area contributed by atoms with Crippen LogP contribution < -0.4 is 5.56 Å². The van der Waals surface area contributed by atoms with E-state index in [2.05, 4.69) is 5.10 Å². The molecule has 0 aromatic carbocycles. The average molecular weight is 152 g/mol. The van der Waals surface area contributed by atoms with Crippen LogP contribution in [0.3, 0.4) is 0 Å². The molecule has 0 radical (unpaired) electrons. The second-order valence-corrected chi connectivity index (χ2v) is 2.85. The van der Waals surface area contributed by atoms with E-state index in [1.807, 2.05) is 20.8 Å². The molecule has 0 atom stereocenters. The highest BCUT2D eigenvalue weighted by Crippen LogP contribution is 1.96. The molecule has 0 saturated heterocycles. The maximum atomic E-state index is 11.1. The van der Waals surface area contributed by atoms with E-state index in [-0.39, 0.29) is 11.6 Å². The van der Waals surface area contributed by atoms with Gasteiger partial charge in [0.25, 0.3) is 5.56 Å². The highest BCUT2D eigenvalue weighted by atomic mass is 16.1. The first kappa shape index (κ1) is 7.98. The van der Waals surface area contributed by atoms with Crippen molar-refractivity contribution in [1.29, 1.82) is 0 Å². The lowest BCUT2D eigenvalue weighted by Gasteiger charge is -2.07. The minimum absolute atomic E-state index is 0.0365. The first-order valence-electron chi connectivity index (χ1n) is 3.67. The summed E-state index contributed by atoms with van der Waals surface area (Å²) in [6.07, 6.45) is 0. The van der Waals surface area contributed by atoms with Crippen LogP contribution in [-0.2, 0) is 0 Å². The Morgan fingerprint density at radius 2 is 2.09 bits per heavy atom. The quantitative estimate of drug-likeness (QED) is 0.604. The van der Waals surface area contributed by atoms with Crippen molar-refractivity contribution in [2.75, 3.05) is 0 Å². The van der Waals surface area contributed by atoms with Crippen LogP contribution in [-0.4, -0.2) is 9.78 Å². The minimum Gasteiger partial charge on any atom is -0.268 e. The van der Waals surface area contributed by atoms with Gasteiger partial charge in [0, 0.05) is 6.07 Å². The van der Waals surface area contributed by atoms with E-state index in [0.717, 1.165) is 5.69 Å². The SMILES string of the molecule is Cc1ccc(=O)n(C(C)C)n1. The molecule has 0 aliphatic rings. The third-order valence-electron chi connectivity index (χ3n) is 1.45. The van der Waals surface area contributed by atoms with Crippen LogP contribution in [0.5, 0.6) is 0 Å². The summed E-state index contributed by atoms with van der Waals surface area (Å²) in [5.74, 6) is 0. The predicted octanol–water partition coefficient (Wildman–Crippen LogP) is 1.13. The zero-order valence-electron chi connectivity index (χ0n) is 7.03. The molecule has 3 heteroatoms. The molecule has 0 bridgehead atoms. The molecule has 11 heavy (non-hydrogen) atoms. The van der Waals surface area contributed by atoms with E-state index < -0.39 is 0 Å². The lowest BCUT2D eigenvalue weighted by atomic mass is 10.4. The number of rotatable bonds is 1. The summed E-state index contributed by atoms with van der Waals surface area (Å²) >= 11 is 0. The summed E-state index contributed by atoms with van der Waals surface area (Å²) in [6, 6.07) is 3.41. The van der Waals surface area contributed by atoms with Gasteiger partial charge in [-0.15, -0.1) is 0 Å². The van der Waals surface area contributed by atoms with E-state index in [9.17, 15) is 4.79 Å². The fourth-order valence-corrected chi connectivity index (χ4v) is 0.891. The minimum atomic E-state index is -0.0365.